The maximum absolute atomic E-state index is 11.6. The second-order valence-electron chi connectivity index (χ2n) is 6.55. The first kappa shape index (κ1) is 24.0. The molecule has 0 rings (SSSR count). The summed E-state index contributed by atoms with van der Waals surface area (Å²) in [5.74, 6) is 0.216. The molecular weight excluding hydrogens is 328 g/mol. The Labute approximate surface area is 150 Å². The van der Waals surface area contributed by atoms with E-state index in [-0.39, 0.29) is 12.7 Å². The Kier molecular flexibility index (Phi) is 13.6. The minimum absolute atomic E-state index is 0.0525. The third-order valence-electron chi connectivity index (χ3n) is 4.29. The van der Waals surface area contributed by atoms with Crippen molar-refractivity contribution in [1.29, 1.82) is 0 Å². The topological polar surface area (TPSA) is 124 Å². The number of carbonyl (C=O) groups is 2. The van der Waals surface area contributed by atoms with Crippen molar-refractivity contribution < 1.29 is 34.8 Å². The van der Waals surface area contributed by atoms with Crippen LogP contribution in [0.15, 0.2) is 0 Å². The van der Waals surface area contributed by atoms with Gasteiger partial charge in [-0.05, 0) is 12.3 Å². The van der Waals surface area contributed by atoms with Gasteiger partial charge in [-0.15, -0.1) is 0 Å². The molecule has 0 aromatic rings. The molecule has 0 heterocycles. The molecule has 7 nitrogen and oxygen atoms in total. The predicted octanol–water partition coefficient (Wildman–Crippen LogP) is 0.949. The van der Waals surface area contributed by atoms with E-state index in [4.69, 9.17) is 9.84 Å². The number of aldehydes is 1. The molecule has 0 aliphatic rings. The summed E-state index contributed by atoms with van der Waals surface area (Å²) in [5, 5.41) is 37.7. The van der Waals surface area contributed by atoms with Crippen molar-refractivity contribution in [3.05, 3.63) is 0 Å². The van der Waals surface area contributed by atoms with Crippen LogP contribution in [-0.4, -0.2) is 63.7 Å². The Morgan fingerprint density at radius 2 is 1.56 bits per heavy atom. The molecule has 0 amide bonds. The lowest BCUT2D eigenvalue weighted by molar-refractivity contribution is -0.156. The van der Waals surface area contributed by atoms with Crippen LogP contribution in [0.25, 0.3) is 0 Å². The summed E-state index contributed by atoms with van der Waals surface area (Å²) in [4.78, 5) is 22.0. The Morgan fingerprint density at radius 1 is 0.960 bits per heavy atom. The fourth-order valence-electron chi connectivity index (χ4n) is 2.81. The first-order valence-corrected chi connectivity index (χ1v) is 9.20. The van der Waals surface area contributed by atoms with Crippen LogP contribution in [0.1, 0.15) is 65.2 Å². The molecule has 4 atom stereocenters. The van der Waals surface area contributed by atoms with E-state index in [1.54, 1.807) is 0 Å². The molecule has 0 saturated carbocycles. The van der Waals surface area contributed by atoms with Crippen molar-refractivity contribution in [1.82, 2.24) is 0 Å². The Balaban J connectivity index is 3.97. The second-order valence-corrected chi connectivity index (χ2v) is 6.55. The van der Waals surface area contributed by atoms with E-state index in [1.165, 1.54) is 12.8 Å². The smallest absolute Gasteiger partial charge is 0.305 e. The number of rotatable bonds is 15. The Morgan fingerprint density at radius 3 is 2.08 bits per heavy atom. The van der Waals surface area contributed by atoms with Crippen LogP contribution < -0.4 is 0 Å². The molecule has 0 aromatic heterocycles. The average molecular weight is 362 g/mol. The molecule has 0 fully saturated rings. The van der Waals surface area contributed by atoms with Gasteiger partial charge in [-0.1, -0.05) is 52.4 Å². The first-order valence-electron chi connectivity index (χ1n) is 9.20. The van der Waals surface area contributed by atoms with E-state index >= 15 is 0 Å². The van der Waals surface area contributed by atoms with E-state index in [0.29, 0.717) is 12.3 Å². The fraction of sp³-hybridized carbons (Fsp3) is 0.889. The number of aliphatic hydroxyl groups is 4. The maximum atomic E-state index is 11.6. The highest BCUT2D eigenvalue weighted by Gasteiger charge is 2.30. The van der Waals surface area contributed by atoms with Gasteiger partial charge in [0.2, 0.25) is 0 Å². The summed E-state index contributed by atoms with van der Waals surface area (Å²) in [6, 6.07) is 0. The van der Waals surface area contributed by atoms with Crippen molar-refractivity contribution in [2.24, 2.45) is 5.92 Å². The zero-order valence-corrected chi connectivity index (χ0v) is 15.3. The Bertz CT molecular complexity index is 355. The van der Waals surface area contributed by atoms with Gasteiger partial charge in [0.05, 0.1) is 0 Å². The van der Waals surface area contributed by atoms with Crippen LogP contribution in [0, 0.1) is 5.92 Å². The summed E-state index contributed by atoms with van der Waals surface area (Å²) in [6.45, 7) is 3.84. The van der Waals surface area contributed by atoms with E-state index in [1.807, 2.05) is 0 Å². The van der Waals surface area contributed by atoms with Gasteiger partial charge in [0.1, 0.15) is 31.0 Å². The zero-order chi connectivity index (χ0) is 19.2. The second kappa shape index (κ2) is 14.2. The highest BCUT2D eigenvalue weighted by atomic mass is 16.5. The first-order chi connectivity index (χ1) is 11.9. The monoisotopic (exact) mass is 362 g/mol. The van der Waals surface area contributed by atoms with E-state index in [9.17, 15) is 24.9 Å². The van der Waals surface area contributed by atoms with Crippen molar-refractivity contribution in [3.63, 3.8) is 0 Å². The van der Waals surface area contributed by atoms with Crippen LogP contribution in [-0.2, 0) is 14.3 Å². The third-order valence-corrected chi connectivity index (χ3v) is 4.29. The van der Waals surface area contributed by atoms with Gasteiger partial charge in [-0.25, -0.2) is 0 Å². The summed E-state index contributed by atoms with van der Waals surface area (Å²) < 4.78 is 4.86. The van der Waals surface area contributed by atoms with Crippen LogP contribution >= 0.6 is 0 Å². The highest BCUT2D eigenvalue weighted by molar-refractivity contribution is 5.69. The average Bonchev–Trinajstić information content (AvgIpc) is 2.61. The number of esters is 1. The van der Waals surface area contributed by atoms with Crippen LogP contribution in [0.2, 0.25) is 0 Å². The van der Waals surface area contributed by atoms with Crippen LogP contribution in [0.5, 0.6) is 0 Å². The van der Waals surface area contributed by atoms with Gasteiger partial charge >= 0.3 is 5.97 Å². The predicted molar refractivity (Wildman–Crippen MR) is 92.8 cm³/mol. The maximum Gasteiger partial charge on any atom is 0.305 e. The molecule has 0 radical (unpaired) electrons. The fourth-order valence-corrected chi connectivity index (χ4v) is 2.81. The molecular formula is C18H34O7. The van der Waals surface area contributed by atoms with E-state index < -0.39 is 37.0 Å². The number of unbranched alkanes of at least 4 members (excludes halogenated alkanes) is 1. The highest BCUT2D eigenvalue weighted by Crippen LogP contribution is 2.20. The normalized spacial score (nSPS) is 16.3. The van der Waals surface area contributed by atoms with E-state index in [0.717, 1.165) is 25.7 Å². The molecule has 148 valence electrons. The van der Waals surface area contributed by atoms with Gasteiger partial charge in [0, 0.05) is 6.42 Å². The van der Waals surface area contributed by atoms with Gasteiger partial charge in [-0.3, -0.25) is 4.79 Å². The standard InChI is InChI=1S/C18H34O7/c1-3-7-13(8-4-2)9-5-6-10-16(22)25-12-15(21)18(24)17(23)14(20)11-19/h11,13-15,17-18,20-21,23-24H,3-10,12H2,1-2H3/t14-,15+,17+,18+/m0/s1. The molecule has 0 saturated heterocycles. The lowest BCUT2D eigenvalue weighted by Crippen LogP contribution is -2.46. The van der Waals surface area contributed by atoms with Gasteiger partial charge in [0.25, 0.3) is 0 Å². The van der Waals surface area contributed by atoms with Gasteiger partial charge < -0.3 is 30.0 Å². The quantitative estimate of drug-likeness (QED) is 0.194. The summed E-state index contributed by atoms with van der Waals surface area (Å²) in [6.07, 6.45) is 0.757. The SMILES string of the molecule is CCCC(CCC)CCCCC(=O)OC[C@@H](O)[C@@H](O)[C@H](O)[C@@H](O)C=O. The lowest BCUT2D eigenvalue weighted by Gasteiger charge is -2.23. The van der Waals surface area contributed by atoms with Gasteiger partial charge in [0.15, 0.2) is 6.29 Å². The summed E-state index contributed by atoms with van der Waals surface area (Å²) >= 11 is 0. The molecule has 0 aromatic carbocycles. The number of hydrogen-bond donors (Lipinski definition) is 4. The number of aliphatic hydroxyl groups excluding tert-OH is 4. The molecule has 0 bridgehead atoms. The van der Waals surface area contributed by atoms with Crippen LogP contribution in [0.4, 0.5) is 0 Å². The summed E-state index contributed by atoms with van der Waals surface area (Å²) in [7, 11) is 0. The molecule has 0 unspecified atom stereocenters. The molecule has 4 N–H and O–H groups in total. The van der Waals surface area contributed by atoms with Crippen molar-refractivity contribution in [2.75, 3.05) is 6.61 Å². The minimum atomic E-state index is -1.83. The minimum Gasteiger partial charge on any atom is -0.463 e. The Hall–Kier alpha value is -1.02. The zero-order valence-electron chi connectivity index (χ0n) is 15.3. The largest absolute Gasteiger partial charge is 0.463 e. The van der Waals surface area contributed by atoms with Crippen molar-refractivity contribution in [3.8, 4) is 0 Å². The van der Waals surface area contributed by atoms with Gasteiger partial charge in [-0.2, -0.15) is 0 Å². The third kappa shape index (κ3) is 10.5. The van der Waals surface area contributed by atoms with Crippen molar-refractivity contribution in [2.45, 2.75) is 89.6 Å². The van der Waals surface area contributed by atoms with E-state index in [2.05, 4.69) is 13.8 Å². The molecule has 7 heteroatoms. The number of carbonyl (C=O) groups excluding carboxylic acids is 2. The molecule has 0 aliphatic heterocycles. The van der Waals surface area contributed by atoms with Crippen molar-refractivity contribution >= 4 is 12.3 Å². The molecule has 25 heavy (non-hydrogen) atoms. The number of ether oxygens (including phenoxy) is 1. The molecule has 0 aliphatic carbocycles. The molecule has 0 spiro atoms. The lowest BCUT2D eigenvalue weighted by atomic mass is 9.92. The number of hydrogen-bond acceptors (Lipinski definition) is 7. The van der Waals surface area contributed by atoms with Crippen LogP contribution in [0.3, 0.4) is 0 Å². The summed E-state index contributed by atoms with van der Waals surface area (Å²) in [5.41, 5.74) is 0.